The van der Waals surface area contributed by atoms with E-state index in [0.29, 0.717) is 17.1 Å². The fourth-order valence-corrected chi connectivity index (χ4v) is 1.19. The van der Waals surface area contributed by atoms with Gasteiger partial charge in [-0.25, -0.2) is 4.98 Å². The van der Waals surface area contributed by atoms with Crippen LogP contribution in [0.3, 0.4) is 0 Å². The van der Waals surface area contributed by atoms with Crippen LogP contribution in [-0.2, 0) is 7.05 Å². The molecule has 2 heterocycles. The number of H-pyrrole nitrogens is 1. The largest absolute Gasteiger partial charge is 0.359 e. The maximum Gasteiger partial charge on any atom is 0.280 e. The Hall–Kier alpha value is -1.85. The van der Waals surface area contributed by atoms with E-state index < -0.39 is 0 Å². The molecule has 6 nitrogen and oxygen atoms in total. The van der Waals surface area contributed by atoms with Crippen molar-refractivity contribution in [1.29, 1.82) is 0 Å². The van der Waals surface area contributed by atoms with Crippen molar-refractivity contribution in [3.63, 3.8) is 0 Å². The predicted molar refractivity (Wildman–Crippen MR) is 48.7 cm³/mol. The van der Waals surface area contributed by atoms with E-state index in [1.54, 1.807) is 14.1 Å². The number of aromatic nitrogens is 4. The molecule has 0 aromatic carbocycles. The summed E-state index contributed by atoms with van der Waals surface area (Å²) in [5.41, 5.74) is 0.737. The van der Waals surface area contributed by atoms with E-state index >= 15 is 0 Å². The van der Waals surface area contributed by atoms with Crippen molar-refractivity contribution in [3.8, 4) is 0 Å². The van der Waals surface area contributed by atoms with Crippen LogP contribution in [0, 0.1) is 0 Å². The van der Waals surface area contributed by atoms with Crippen molar-refractivity contribution in [2.45, 2.75) is 0 Å². The van der Waals surface area contributed by atoms with Gasteiger partial charge in [-0.2, -0.15) is 4.98 Å². The first kappa shape index (κ1) is 7.78. The van der Waals surface area contributed by atoms with E-state index in [-0.39, 0.29) is 5.56 Å². The third-order valence-electron chi connectivity index (χ3n) is 1.89. The second kappa shape index (κ2) is 2.58. The van der Waals surface area contributed by atoms with Crippen LogP contribution < -0.4 is 10.9 Å². The molecule has 2 N–H and O–H groups in total. The lowest BCUT2D eigenvalue weighted by molar-refractivity contribution is 0.849. The van der Waals surface area contributed by atoms with Gasteiger partial charge in [-0.05, 0) is 0 Å². The molecule has 0 aliphatic heterocycles. The van der Waals surface area contributed by atoms with Crippen LogP contribution in [0.1, 0.15) is 0 Å². The Labute approximate surface area is 73.6 Å². The highest BCUT2D eigenvalue weighted by Crippen LogP contribution is 2.04. The van der Waals surface area contributed by atoms with Crippen molar-refractivity contribution in [1.82, 2.24) is 19.5 Å². The molecule has 2 aromatic heterocycles. The lowest BCUT2D eigenvalue weighted by Crippen LogP contribution is -2.21. The highest BCUT2D eigenvalue weighted by Gasteiger charge is 2.07. The van der Waals surface area contributed by atoms with Gasteiger partial charge in [0.2, 0.25) is 5.95 Å². The topological polar surface area (TPSA) is 75.6 Å². The monoisotopic (exact) mass is 179 g/mol. The number of aromatic amines is 1. The molecule has 0 aliphatic rings. The molecule has 0 unspecified atom stereocenters. The van der Waals surface area contributed by atoms with Gasteiger partial charge >= 0.3 is 0 Å². The number of imidazole rings is 1. The quantitative estimate of drug-likeness (QED) is 0.630. The molecule has 0 radical (unpaired) electrons. The summed E-state index contributed by atoms with van der Waals surface area (Å²) in [7, 11) is 3.36. The highest BCUT2D eigenvalue weighted by molar-refractivity contribution is 5.69. The van der Waals surface area contributed by atoms with E-state index in [4.69, 9.17) is 0 Å². The van der Waals surface area contributed by atoms with Crippen LogP contribution in [0.4, 0.5) is 5.95 Å². The normalized spacial score (nSPS) is 10.6. The Bertz CT molecular complexity index is 497. The zero-order valence-corrected chi connectivity index (χ0v) is 7.33. The first-order valence-corrected chi connectivity index (χ1v) is 3.82. The van der Waals surface area contributed by atoms with Gasteiger partial charge in [-0.15, -0.1) is 0 Å². The molecule has 2 aromatic rings. The summed E-state index contributed by atoms with van der Waals surface area (Å²) < 4.78 is 1.43. The zero-order valence-electron chi connectivity index (χ0n) is 7.33. The number of hydrogen-bond acceptors (Lipinski definition) is 4. The SMILES string of the molecule is CNc1nc2nc[nH]c2c(=O)n1C. The van der Waals surface area contributed by atoms with Gasteiger partial charge in [0.1, 0.15) is 0 Å². The van der Waals surface area contributed by atoms with Crippen molar-refractivity contribution in [2.75, 3.05) is 12.4 Å². The van der Waals surface area contributed by atoms with Crippen molar-refractivity contribution < 1.29 is 0 Å². The Morgan fingerprint density at radius 1 is 1.62 bits per heavy atom. The molecule has 0 bridgehead atoms. The first-order valence-electron chi connectivity index (χ1n) is 3.82. The minimum absolute atomic E-state index is 0.133. The minimum Gasteiger partial charge on any atom is -0.359 e. The Kier molecular flexibility index (Phi) is 1.54. The number of anilines is 1. The summed E-state index contributed by atoms with van der Waals surface area (Å²) in [6, 6.07) is 0. The number of hydrogen-bond donors (Lipinski definition) is 2. The average Bonchev–Trinajstić information content (AvgIpc) is 2.59. The molecule has 0 fully saturated rings. The van der Waals surface area contributed by atoms with Crippen LogP contribution >= 0.6 is 0 Å². The summed E-state index contributed by atoms with van der Waals surface area (Å²) >= 11 is 0. The molecular weight excluding hydrogens is 170 g/mol. The van der Waals surface area contributed by atoms with Crippen molar-refractivity contribution in [2.24, 2.45) is 7.05 Å². The number of nitrogens with zero attached hydrogens (tertiary/aromatic N) is 3. The lowest BCUT2D eigenvalue weighted by Gasteiger charge is -2.04. The average molecular weight is 179 g/mol. The van der Waals surface area contributed by atoms with Gasteiger partial charge in [0.15, 0.2) is 11.2 Å². The number of nitrogens with one attached hydrogen (secondary N) is 2. The van der Waals surface area contributed by atoms with E-state index in [2.05, 4.69) is 20.3 Å². The summed E-state index contributed by atoms with van der Waals surface area (Å²) in [6.07, 6.45) is 1.46. The van der Waals surface area contributed by atoms with Crippen LogP contribution in [0.5, 0.6) is 0 Å². The fourth-order valence-electron chi connectivity index (χ4n) is 1.19. The van der Waals surface area contributed by atoms with Crippen LogP contribution in [0.15, 0.2) is 11.1 Å². The van der Waals surface area contributed by atoms with Gasteiger partial charge in [0.25, 0.3) is 5.56 Å². The minimum atomic E-state index is -0.133. The van der Waals surface area contributed by atoms with Crippen LogP contribution in [0.25, 0.3) is 11.2 Å². The molecule has 0 atom stereocenters. The molecule has 0 aliphatic carbocycles. The van der Waals surface area contributed by atoms with E-state index in [1.165, 1.54) is 10.9 Å². The number of rotatable bonds is 1. The molecule has 6 heteroatoms. The maximum absolute atomic E-state index is 11.6. The van der Waals surface area contributed by atoms with Gasteiger partial charge in [0, 0.05) is 14.1 Å². The van der Waals surface area contributed by atoms with E-state index in [0.717, 1.165) is 0 Å². The van der Waals surface area contributed by atoms with Crippen molar-refractivity contribution >= 4 is 17.1 Å². The molecule has 2 rings (SSSR count). The standard InChI is InChI=1S/C7H9N5O/c1-8-7-11-5-4(9-3-10-5)6(13)12(7)2/h3H,1-2H3,(H,8,11)(H,9,10). The maximum atomic E-state index is 11.6. The number of fused-ring (bicyclic) bond motifs is 1. The Morgan fingerprint density at radius 2 is 2.38 bits per heavy atom. The molecule has 0 saturated carbocycles. The molecule has 68 valence electrons. The molecule has 0 saturated heterocycles. The highest BCUT2D eigenvalue weighted by atomic mass is 16.1. The smallest absolute Gasteiger partial charge is 0.280 e. The van der Waals surface area contributed by atoms with Gasteiger partial charge < -0.3 is 10.3 Å². The Balaban J connectivity index is 2.92. The summed E-state index contributed by atoms with van der Waals surface area (Å²) in [5, 5.41) is 2.82. The third-order valence-corrected chi connectivity index (χ3v) is 1.89. The second-order valence-corrected chi connectivity index (χ2v) is 2.65. The van der Waals surface area contributed by atoms with Crippen LogP contribution in [0.2, 0.25) is 0 Å². The molecule has 0 amide bonds. The molecular formula is C7H9N5O. The first-order chi connectivity index (χ1) is 6.24. The van der Waals surface area contributed by atoms with Crippen molar-refractivity contribution in [3.05, 3.63) is 16.7 Å². The second-order valence-electron chi connectivity index (χ2n) is 2.65. The van der Waals surface area contributed by atoms with Gasteiger partial charge in [-0.1, -0.05) is 0 Å². The predicted octanol–water partition coefficient (Wildman–Crippen LogP) is -0.302. The van der Waals surface area contributed by atoms with Crippen LogP contribution in [-0.4, -0.2) is 26.6 Å². The zero-order chi connectivity index (χ0) is 9.42. The van der Waals surface area contributed by atoms with E-state index in [9.17, 15) is 4.79 Å². The Morgan fingerprint density at radius 3 is 3.08 bits per heavy atom. The lowest BCUT2D eigenvalue weighted by atomic mass is 10.5. The molecule has 0 spiro atoms. The van der Waals surface area contributed by atoms with Gasteiger partial charge in [-0.3, -0.25) is 9.36 Å². The molecule has 13 heavy (non-hydrogen) atoms. The third kappa shape index (κ3) is 0.986. The summed E-state index contributed by atoms with van der Waals surface area (Å²) in [6.45, 7) is 0. The fraction of sp³-hybridized carbons (Fsp3) is 0.286. The van der Waals surface area contributed by atoms with Gasteiger partial charge in [0.05, 0.1) is 6.33 Å². The summed E-state index contributed by atoms with van der Waals surface area (Å²) in [4.78, 5) is 22.4. The van der Waals surface area contributed by atoms with E-state index in [1.807, 2.05) is 0 Å². The summed E-state index contributed by atoms with van der Waals surface area (Å²) in [5.74, 6) is 0.504.